The molecule has 0 radical (unpaired) electrons. The number of hydrogen-bond acceptors (Lipinski definition) is 4. The van der Waals surface area contributed by atoms with E-state index in [9.17, 15) is 4.79 Å². The SMILES string of the molecule is CCc1[nH]c(=O)c2cccc3c2c1C(c1cccc(CNC)c1)C(c1cccnc1)N3. The standard InChI is InChI=1S/C26H26N4O/c1-3-20-24-22(17-8-4-7-16(13-17)14-27-2)25(18-9-6-12-28-15-18)29-21-11-5-10-19(23(21)24)26(31)30-20/h4-13,15,22,25,27,29H,3,14H2,1-2H3,(H,30,31). The molecule has 156 valence electrons. The highest BCUT2D eigenvalue weighted by molar-refractivity contribution is 5.98. The molecule has 2 atom stereocenters. The quantitative estimate of drug-likeness (QED) is 0.453. The second kappa shape index (κ2) is 8.00. The van der Waals surface area contributed by atoms with Crippen LogP contribution in [0.15, 0.2) is 71.8 Å². The number of rotatable bonds is 5. The van der Waals surface area contributed by atoms with Crippen molar-refractivity contribution in [3.05, 3.63) is 105 Å². The summed E-state index contributed by atoms with van der Waals surface area (Å²) in [6.45, 7) is 2.91. The highest BCUT2D eigenvalue weighted by Gasteiger charge is 2.35. The van der Waals surface area contributed by atoms with E-state index in [2.05, 4.69) is 63.9 Å². The Balaban J connectivity index is 1.83. The molecule has 4 aromatic rings. The Bertz CT molecular complexity index is 1300. The van der Waals surface area contributed by atoms with Gasteiger partial charge < -0.3 is 15.6 Å². The monoisotopic (exact) mass is 410 g/mol. The molecule has 3 heterocycles. The molecule has 5 heteroatoms. The van der Waals surface area contributed by atoms with Crippen LogP contribution < -0.4 is 16.2 Å². The summed E-state index contributed by atoms with van der Waals surface area (Å²) in [4.78, 5) is 20.4. The lowest BCUT2D eigenvalue weighted by Gasteiger charge is -2.37. The topological polar surface area (TPSA) is 69.8 Å². The highest BCUT2D eigenvalue weighted by atomic mass is 16.1. The van der Waals surface area contributed by atoms with Crippen molar-refractivity contribution in [3.63, 3.8) is 0 Å². The molecule has 31 heavy (non-hydrogen) atoms. The zero-order valence-electron chi connectivity index (χ0n) is 17.8. The van der Waals surface area contributed by atoms with E-state index in [1.165, 1.54) is 16.7 Å². The first-order valence-electron chi connectivity index (χ1n) is 10.8. The average molecular weight is 411 g/mol. The number of hydrogen-bond donors (Lipinski definition) is 3. The minimum absolute atomic E-state index is 0.00726. The highest BCUT2D eigenvalue weighted by Crippen LogP contribution is 2.48. The van der Waals surface area contributed by atoms with Gasteiger partial charge in [0.2, 0.25) is 0 Å². The van der Waals surface area contributed by atoms with E-state index in [1.54, 1.807) is 6.20 Å². The van der Waals surface area contributed by atoms with Gasteiger partial charge in [-0.3, -0.25) is 9.78 Å². The molecule has 2 aromatic heterocycles. The summed E-state index contributed by atoms with van der Waals surface area (Å²) < 4.78 is 0. The van der Waals surface area contributed by atoms with Gasteiger partial charge in [-0.1, -0.05) is 43.3 Å². The number of aryl methyl sites for hydroxylation is 1. The third-order valence-electron chi connectivity index (χ3n) is 6.21. The van der Waals surface area contributed by atoms with Crippen molar-refractivity contribution in [2.24, 2.45) is 0 Å². The maximum Gasteiger partial charge on any atom is 0.256 e. The summed E-state index contributed by atoms with van der Waals surface area (Å²) in [5, 5.41) is 8.77. The van der Waals surface area contributed by atoms with Gasteiger partial charge >= 0.3 is 0 Å². The van der Waals surface area contributed by atoms with Gasteiger partial charge in [0, 0.05) is 47.0 Å². The molecule has 0 aliphatic carbocycles. The number of nitrogens with one attached hydrogen (secondary N) is 3. The van der Waals surface area contributed by atoms with Crippen LogP contribution in [0.5, 0.6) is 0 Å². The van der Waals surface area contributed by atoms with Crippen LogP contribution in [-0.4, -0.2) is 17.0 Å². The third-order valence-corrected chi connectivity index (χ3v) is 6.21. The van der Waals surface area contributed by atoms with Gasteiger partial charge in [-0.05, 0) is 53.9 Å². The van der Waals surface area contributed by atoms with Crippen molar-refractivity contribution in [2.75, 3.05) is 12.4 Å². The van der Waals surface area contributed by atoms with Gasteiger partial charge in [-0.25, -0.2) is 0 Å². The van der Waals surface area contributed by atoms with Crippen molar-refractivity contribution >= 4 is 16.5 Å². The van der Waals surface area contributed by atoms with Crippen molar-refractivity contribution in [3.8, 4) is 0 Å². The van der Waals surface area contributed by atoms with Crippen molar-refractivity contribution in [1.29, 1.82) is 0 Å². The normalized spacial score (nSPS) is 17.5. The van der Waals surface area contributed by atoms with Crippen LogP contribution >= 0.6 is 0 Å². The summed E-state index contributed by atoms with van der Waals surface area (Å²) in [7, 11) is 1.96. The second-order valence-electron chi connectivity index (χ2n) is 8.09. The van der Waals surface area contributed by atoms with E-state index >= 15 is 0 Å². The van der Waals surface area contributed by atoms with Crippen LogP contribution in [0.25, 0.3) is 10.8 Å². The molecule has 0 saturated heterocycles. The van der Waals surface area contributed by atoms with Crippen molar-refractivity contribution < 1.29 is 0 Å². The van der Waals surface area contributed by atoms with Gasteiger partial charge in [0.05, 0.1) is 6.04 Å². The fraction of sp³-hybridized carbons (Fsp3) is 0.231. The first-order valence-corrected chi connectivity index (χ1v) is 10.8. The molecule has 2 aromatic carbocycles. The molecule has 2 unspecified atom stereocenters. The smallest absolute Gasteiger partial charge is 0.256 e. The lowest BCUT2D eigenvalue weighted by atomic mass is 9.76. The summed E-state index contributed by atoms with van der Waals surface area (Å²) >= 11 is 0. The van der Waals surface area contributed by atoms with Gasteiger partial charge in [-0.2, -0.15) is 0 Å². The van der Waals surface area contributed by atoms with E-state index in [-0.39, 0.29) is 17.5 Å². The summed E-state index contributed by atoms with van der Waals surface area (Å²) in [5.74, 6) is 0.0465. The number of pyridine rings is 2. The number of aromatic nitrogens is 2. The Morgan fingerprint density at radius 2 is 1.90 bits per heavy atom. The zero-order chi connectivity index (χ0) is 21.4. The summed E-state index contributed by atoms with van der Waals surface area (Å²) in [6, 6.07) is 18.8. The first-order chi connectivity index (χ1) is 15.2. The van der Waals surface area contributed by atoms with E-state index in [4.69, 9.17) is 0 Å². The number of anilines is 1. The Kier molecular flexibility index (Phi) is 5.04. The lowest BCUT2D eigenvalue weighted by molar-refractivity contribution is 0.652. The van der Waals surface area contributed by atoms with E-state index in [0.29, 0.717) is 0 Å². The first kappa shape index (κ1) is 19.5. The predicted molar refractivity (Wildman–Crippen MR) is 126 cm³/mol. The molecule has 0 amide bonds. The number of aromatic amines is 1. The molecule has 5 rings (SSSR count). The van der Waals surface area contributed by atoms with Crippen LogP contribution in [-0.2, 0) is 13.0 Å². The fourth-order valence-corrected chi connectivity index (χ4v) is 4.91. The number of benzene rings is 2. The molecule has 0 bridgehead atoms. The van der Waals surface area contributed by atoms with Crippen LogP contribution in [0, 0.1) is 0 Å². The van der Waals surface area contributed by atoms with E-state index < -0.39 is 0 Å². The van der Waals surface area contributed by atoms with Crippen molar-refractivity contribution in [1.82, 2.24) is 15.3 Å². The Morgan fingerprint density at radius 3 is 2.68 bits per heavy atom. The van der Waals surface area contributed by atoms with Gasteiger partial charge in [0.15, 0.2) is 0 Å². The molecule has 0 spiro atoms. The zero-order valence-corrected chi connectivity index (χ0v) is 17.8. The molecule has 3 N–H and O–H groups in total. The van der Waals surface area contributed by atoms with Crippen LogP contribution in [0.4, 0.5) is 5.69 Å². The largest absolute Gasteiger partial charge is 0.377 e. The molecule has 0 fully saturated rings. The maximum atomic E-state index is 12.8. The molecule has 5 nitrogen and oxygen atoms in total. The fourth-order valence-electron chi connectivity index (χ4n) is 4.91. The van der Waals surface area contributed by atoms with Crippen LogP contribution in [0.2, 0.25) is 0 Å². The van der Waals surface area contributed by atoms with E-state index in [1.807, 2.05) is 31.4 Å². The molecule has 0 saturated carbocycles. The minimum atomic E-state index is -0.0261. The Morgan fingerprint density at radius 1 is 1.06 bits per heavy atom. The minimum Gasteiger partial charge on any atom is -0.377 e. The van der Waals surface area contributed by atoms with Crippen LogP contribution in [0.3, 0.4) is 0 Å². The van der Waals surface area contributed by atoms with Crippen molar-refractivity contribution in [2.45, 2.75) is 31.8 Å². The second-order valence-corrected chi connectivity index (χ2v) is 8.09. The maximum absolute atomic E-state index is 12.8. The molecular weight excluding hydrogens is 384 g/mol. The molecule has 1 aliphatic rings. The lowest BCUT2D eigenvalue weighted by Crippen LogP contribution is -2.28. The predicted octanol–water partition coefficient (Wildman–Crippen LogP) is 4.50. The third kappa shape index (κ3) is 3.31. The number of nitrogens with zero attached hydrogens (tertiary/aromatic N) is 1. The molecule has 1 aliphatic heterocycles. The summed E-state index contributed by atoms with van der Waals surface area (Å²) in [5.41, 5.74) is 6.79. The summed E-state index contributed by atoms with van der Waals surface area (Å²) in [6.07, 6.45) is 4.50. The van der Waals surface area contributed by atoms with Gasteiger partial charge in [-0.15, -0.1) is 0 Å². The number of H-pyrrole nitrogens is 1. The Hall–Kier alpha value is -3.44. The van der Waals surface area contributed by atoms with Gasteiger partial charge in [0.25, 0.3) is 5.56 Å². The van der Waals surface area contributed by atoms with Gasteiger partial charge in [0.1, 0.15) is 0 Å². The molecular formula is C26H26N4O. The van der Waals surface area contributed by atoms with E-state index in [0.717, 1.165) is 40.7 Å². The van der Waals surface area contributed by atoms with Crippen LogP contribution in [0.1, 0.15) is 46.8 Å². The Labute approximate surface area is 181 Å². The average Bonchev–Trinajstić information content (AvgIpc) is 2.81.